The Bertz CT molecular complexity index is 732. The highest BCUT2D eigenvalue weighted by Crippen LogP contribution is 2.17. The average Bonchev–Trinajstić information content (AvgIpc) is 2.65. The summed E-state index contributed by atoms with van der Waals surface area (Å²) in [4.78, 5) is 23.6. The van der Waals surface area contributed by atoms with Crippen molar-refractivity contribution in [2.24, 2.45) is 0 Å². The van der Waals surface area contributed by atoms with Crippen LogP contribution in [-0.4, -0.2) is 31.5 Å². The first-order valence-electron chi connectivity index (χ1n) is 8.57. The number of rotatable bonds is 9. The summed E-state index contributed by atoms with van der Waals surface area (Å²) in [6, 6.07) is 13.4. The van der Waals surface area contributed by atoms with E-state index in [0.29, 0.717) is 18.8 Å². The van der Waals surface area contributed by atoms with E-state index < -0.39 is 0 Å². The van der Waals surface area contributed by atoms with Crippen LogP contribution in [0.1, 0.15) is 18.1 Å². The second kappa shape index (κ2) is 10.2. The monoisotopic (exact) mass is 358 g/mol. The molecular weight excluding hydrogens is 335 g/mol. The smallest absolute Gasteiger partial charge is 0.258 e. The van der Waals surface area contributed by atoms with Crippen LogP contribution in [0.2, 0.25) is 0 Å². The summed E-state index contributed by atoms with van der Waals surface area (Å²) in [7, 11) is 0. The molecule has 0 fully saturated rings. The standard InChI is InChI=1S/C20H23FN2O3/c1-2-16-5-3-4-6-18(16)26-14-20(25)23-12-11-22-19(24)13-15-7-9-17(21)10-8-15/h3-10H,2,11-14H2,1H3,(H,22,24)(H,23,25). The summed E-state index contributed by atoms with van der Waals surface area (Å²) in [6.45, 7) is 2.58. The summed E-state index contributed by atoms with van der Waals surface area (Å²) < 4.78 is 18.3. The van der Waals surface area contributed by atoms with Crippen LogP contribution in [0.4, 0.5) is 4.39 Å². The van der Waals surface area contributed by atoms with Crippen LogP contribution >= 0.6 is 0 Å². The van der Waals surface area contributed by atoms with E-state index in [1.807, 2.05) is 31.2 Å². The molecule has 2 aromatic carbocycles. The number of amides is 2. The molecule has 6 heteroatoms. The van der Waals surface area contributed by atoms with E-state index >= 15 is 0 Å². The molecule has 0 radical (unpaired) electrons. The maximum absolute atomic E-state index is 12.8. The molecular formula is C20H23FN2O3. The fraction of sp³-hybridized carbons (Fsp3) is 0.300. The van der Waals surface area contributed by atoms with Gasteiger partial charge in [-0.25, -0.2) is 4.39 Å². The Morgan fingerprint density at radius 1 is 0.962 bits per heavy atom. The lowest BCUT2D eigenvalue weighted by molar-refractivity contribution is -0.124. The number of ether oxygens (including phenoxy) is 1. The maximum atomic E-state index is 12.8. The molecule has 0 saturated heterocycles. The Morgan fingerprint density at radius 3 is 2.31 bits per heavy atom. The number of aryl methyl sites for hydroxylation is 1. The number of hydrogen-bond donors (Lipinski definition) is 2. The van der Waals surface area contributed by atoms with Gasteiger partial charge in [0.15, 0.2) is 6.61 Å². The van der Waals surface area contributed by atoms with Crippen molar-refractivity contribution in [1.82, 2.24) is 10.6 Å². The molecule has 2 amide bonds. The van der Waals surface area contributed by atoms with Crippen molar-refractivity contribution in [3.63, 3.8) is 0 Å². The molecule has 0 aliphatic heterocycles. The number of carbonyl (C=O) groups excluding carboxylic acids is 2. The Kier molecular flexibility index (Phi) is 7.61. The van der Waals surface area contributed by atoms with Crippen molar-refractivity contribution in [2.45, 2.75) is 19.8 Å². The van der Waals surface area contributed by atoms with Crippen LogP contribution in [0, 0.1) is 5.82 Å². The van der Waals surface area contributed by atoms with Crippen LogP contribution < -0.4 is 15.4 Å². The molecule has 0 bridgehead atoms. The molecule has 0 atom stereocenters. The van der Waals surface area contributed by atoms with Gasteiger partial charge in [0, 0.05) is 13.1 Å². The molecule has 2 N–H and O–H groups in total. The van der Waals surface area contributed by atoms with E-state index in [2.05, 4.69) is 10.6 Å². The molecule has 0 aliphatic carbocycles. The van der Waals surface area contributed by atoms with Crippen LogP contribution in [0.15, 0.2) is 48.5 Å². The van der Waals surface area contributed by atoms with Gasteiger partial charge in [-0.3, -0.25) is 9.59 Å². The van der Waals surface area contributed by atoms with Gasteiger partial charge in [-0.05, 0) is 35.7 Å². The topological polar surface area (TPSA) is 67.4 Å². The Balaban J connectivity index is 1.62. The van der Waals surface area contributed by atoms with Crippen molar-refractivity contribution in [2.75, 3.05) is 19.7 Å². The molecule has 2 rings (SSSR count). The summed E-state index contributed by atoms with van der Waals surface area (Å²) in [5.41, 5.74) is 1.78. The minimum absolute atomic E-state index is 0.0689. The van der Waals surface area contributed by atoms with E-state index in [9.17, 15) is 14.0 Å². The minimum atomic E-state index is -0.333. The fourth-order valence-corrected chi connectivity index (χ4v) is 2.39. The van der Waals surface area contributed by atoms with Crippen LogP contribution in [0.5, 0.6) is 5.75 Å². The number of hydrogen-bond acceptors (Lipinski definition) is 3. The number of carbonyl (C=O) groups is 2. The van der Waals surface area contributed by atoms with Crippen molar-refractivity contribution in [3.8, 4) is 5.75 Å². The van der Waals surface area contributed by atoms with Crippen molar-refractivity contribution < 1.29 is 18.7 Å². The highest BCUT2D eigenvalue weighted by molar-refractivity contribution is 5.79. The van der Waals surface area contributed by atoms with E-state index in [4.69, 9.17) is 4.74 Å². The van der Waals surface area contributed by atoms with Gasteiger partial charge >= 0.3 is 0 Å². The van der Waals surface area contributed by atoms with Crippen molar-refractivity contribution >= 4 is 11.8 Å². The normalized spacial score (nSPS) is 10.2. The third kappa shape index (κ3) is 6.55. The van der Waals surface area contributed by atoms with Gasteiger partial charge in [0.05, 0.1) is 6.42 Å². The number of benzene rings is 2. The van der Waals surface area contributed by atoms with Gasteiger partial charge in [-0.15, -0.1) is 0 Å². The van der Waals surface area contributed by atoms with Gasteiger partial charge in [-0.2, -0.15) is 0 Å². The predicted molar refractivity (Wildman–Crippen MR) is 97.4 cm³/mol. The number of para-hydroxylation sites is 1. The van der Waals surface area contributed by atoms with E-state index in [-0.39, 0.29) is 30.7 Å². The predicted octanol–water partition coefficient (Wildman–Crippen LogP) is 2.24. The molecule has 0 aliphatic rings. The Hall–Kier alpha value is -2.89. The summed E-state index contributed by atoms with van der Waals surface area (Å²) >= 11 is 0. The zero-order valence-corrected chi connectivity index (χ0v) is 14.8. The first kappa shape index (κ1) is 19.4. The van der Waals surface area contributed by atoms with Crippen molar-refractivity contribution in [1.29, 1.82) is 0 Å². The highest BCUT2D eigenvalue weighted by Gasteiger charge is 2.06. The van der Waals surface area contributed by atoms with Gasteiger partial charge in [0.25, 0.3) is 5.91 Å². The lowest BCUT2D eigenvalue weighted by atomic mass is 10.1. The Labute approximate surface area is 152 Å². The molecule has 0 unspecified atom stereocenters. The maximum Gasteiger partial charge on any atom is 0.258 e. The molecule has 0 spiro atoms. The third-order valence-electron chi connectivity index (χ3n) is 3.76. The lowest BCUT2D eigenvalue weighted by Gasteiger charge is -2.11. The van der Waals surface area contributed by atoms with Crippen LogP contribution in [-0.2, 0) is 22.4 Å². The van der Waals surface area contributed by atoms with Gasteiger partial charge in [-0.1, -0.05) is 37.3 Å². The third-order valence-corrected chi connectivity index (χ3v) is 3.76. The minimum Gasteiger partial charge on any atom is -0.483 e. The molecule has 2 aromatic rings. The number of nitrogens with one attached hydrogen (secondary N) is 2. The molecule has 0 heterocycles. The Morgan fingerprint density at radius 2 is 1.62 bits per heavy atom. The molecule has 5 nitrogen and oxygen atoms in total. The van der Waals surface area contributed by atoms with Gasteiger partial charge < -0.3 is 15.4 Å². The zero-order chi connectivity index (χ0) is 18.8. The lowest BCUT2D eigenvalue weighted by Crippen LogP contribution is -2.37. The van der Waals surface area contributed by atoms with Crippen LogP contribution in [0.3, 0.4) is 0 Å². The largest absolute Gasteiger partial charge is 0.483 e. The van der Waals surface area contributed by atoms with Crippen LogP contribution in [0.25, 0.3) is 0 Å². The second-order valence-corrected chi connectivity index (χ2v) is 5.75. The average molecular weight is 358 g/mol. The van der Waals surface area contributed by atoms with Crippen molar-refractivity contribution in [3.05, 3.63) is 65.5 Å². The molecule has 138 valence electrons. The summed E-state index contributed by atoms with van der Waals surface area (Å²) in [6.07, 6.45) is 1.00. The van der Waals surface area contributed by atoms with Gasteiger partial charge in [0.1, 0.15) is 11.6 Å². The second-order valence-electron chi connectivity index (χ2n) is 5.75. The summed E-state index contributed by atoms with van der Waals surface area (Å²) in [5, 5.41) is 5.39. The summed E-state index contributed by atoms with van der Waals surface area (Å²) in [5.74, 6) is -0.0546. The van der Waals surface area contributed by atoms with E-state index in [1.54, 1.807) is 12.1 Å². The van der Waals surface area contributed by atoms with Gasteiger partial charge in [0.2, 0.25) is 5.91 Å². The fourth-order valence-electron chi connectivity index (χ4n) is 2.39. The van der Waals surface area contributed by atoms with E-state index in [1.165, 1.54) is 12.1 Å². The zero-order valence-electron chi connectivity index (χ0n) is 14.8. The molecule has 0 aromatic heterocycles. The quantitative estimate of drug-likeness (QED) is 0.676. The SMILES string of the molecule is CCc1ccccc1OCC(=O)NCCNC(=O)Cc1ccc(F)cc1. The molecule has 0 saturated carbocycles. The first-order chi connectivity index (χ1) is 12.6. The first-order valence-corrected chi connectivity index (χ1v) is 8.57. The van der Waals surface area contributed by atoms with E-state index in [0.717, 1.165) is 17.5 Å². The number of halogens is 1. The highest BCUT2D eigenvalue weighted by atomic mass is 19.1. The molecule has 26 heavy (non-hydrogen) atoms.